The number of rotatable bonds is 5. The van der Waals surface area contributed by atoms with Gasteiger partial charge in [-0.1, -0.05) is 12.1 Å². The first-order chi connectivity index (χ1) is 9.66. The summed E-state index contributed by atoms with van der Waals surface area (Å²) in [4.78, 5) is 15.4. The first-order valence-corrected chi connectivity index (χ1v) is 6.99. The zero-order valence-corrected chi connectivity index (χ0v) is 12.3. The Morgan fingerprint density at radius 2 is 1.90 bits per heavy atom. The molecule has 1 aliphatic heterocycles. The number of benzene rings is 1. The van der Waals surface area contributed by atoms with E-state index in [4.69, 9.17) is 4.74 Å². The molecule has 1 N–H and O–H groups in total. The molecule has 1 aliphatic rings. The third kappa shape index (κ3) is 4.21. The van der Waals surface area contributed by atoms with Gasteiger partial charge in [-0.05, 0) is 17.7 Å². The van der Waals surface area contributed by atoms with Crippen LogP contribution in [0.4, 0.5) is 5.69 Å². The van der Waals surface area contributed by atoms with E-state index >= 15 is 0 Å². The number of hydrogen-bond donors (Lipinski definition) is 1. The summed E-state index contributed by atoms with van der Waals surface area (Å²) in [5, 5.41) is 3.16. The first-order valence-electron chi connectivity index (χ1n) is 6.99. The molecule has 1 saturated heterocycles. The third-order valence-corrected chi connectivity index (χ3v) is 3.42. The molecule has 0 atom stereocenters. The summed E-state index contributed by atoms with van der Waals surface area (Å²) in [6, 6.07) is 8.49. The van der Waals surface area contributed by atoms with Crippen molar-refractivity contribution in [1.29, 1.82) is 0 Å². The van der Waals surface area contributed by atoms with E-state index in [1.807, 2.05) is 0 Å². The molecule has 0 aliphatic carbocycles. The highest BCUT2D eigenvalue weighted by molar-refractivity contribution is 5.77. The van der Waals surface area contributed by atoms with E-state index in [2.05, 4.69) is 34.5 Å². The van der Waals surface area contributed by atoms with Crippen LogP contribution in [-0.2, 0) is 16.1 Å². The van der Waals surface area contributed by atoms with Gasteiger partial charge in [-0.25, -0.2) is 0 Å². The van der Waals surface area contributed by atoms with Crippen LogP contribution in [0.15, 0.2) is 24.3 Å². The molecule has 0 bridgehead atoms. The van der Waals surface area contributed by atoms with Gasteiger partial charge in [0.1, 0.15) is 0 Å². The van der Waals surface area contributed by atoms with Gasteiger partial charge < -0.3 is 19.9 Å². The molecule has 1 fully saturated rings. The lowest BCUT2D eigenvalue weighted by Crippen LogP contribution is -2.36. The van der Waals surface area contributed by atoms with Gasteiger partial charge in [0.05, 0.1) is 19.8 Å². The maximum atomic E-state index is 11.4. The largest absolute Gasteiger partial charge is 0.378 e. The lowest BCUT2D eigenvalue weighted by atomic mass is 10.2. The predicted octanol–water partition coefficient (Wildman–Crippen LogP) is 0.701. The molecule has 0 unspecified atom stereocenters. The zero-order chi connectivity index (χ0) is 14.4. The van der Waals surface area contributed by atoms with Crippen LogP contribution in [0.2, 0.25) is 0 Å². The van der Waals surface area contributed by atoms with Crippen molar-refractivity contribution >= 4 is 11.6 Å². The summed E-state index contributed by atoms with van der Waals surface area (Å²) in [6.07, 6.45) is 0. The Balaban J connectivity index is 1.80. The van der Waals surface area contributed by atoms with Crippen LogP contribution in [0, 0.1) is 0 Å². The number of carbonyl (C=O) groups excluding carboxylic acids is 1. The van der Waals surface area contributed by atoms with Gasteiger partial charge in [-0.2, -0.15) is 0 Å². The summed E-state index contributed by atoms with van der Waals surface area (Å²) >= 11 is 0. The average Bonchev–Trinajstić information content (AvgIpc) is 2.48. The SMILES string of the molecule is CN(C)C(=O)CNCc1ccc(N2CCOCC2)cc1. The Morgan fingerprint density at radius 1 is 1.25 bits per heavy atom. The molecule has 0 spiro atoms. The molecular weight excluding hydrogens is 254 g/mol. The average molecular weight is 277 g/mol. The minimum absolute atomic E-state index is 0.0925. The summed E-state index contributed by atoms with van der Waals surface area (Å²) in [5.41, 5.74) is 2.43. The van der Waals surface area contributed by atoms with Crippen LogP contribution in [0.1, 0.15) is 5.56 Å². The maximum Gasteiger partial charge on any atom is 0.236 e. The predicted molar refractivity (Wildman–Crippen MR) is 79.9 cm³/mol. The van der Waals surface area contributed by atoms with Gasteiger partial charge in [0.15, 0.2) is 0 Å². The van der Waals surface area contributed by atoms with Gasteiger partial charge in [-0.3, -0.25) is 4.79 Å². The minimum Gasteiger partial charge on any atom is -0.378 e. The van der Waals surface area contributed by atoms with Crippen LogP contribution in [0.25, 0.3) is 0 Å². The Bertz CT molecular complexity index is 425. The first kappa shape index (κ1) is 14.8. The van der Waals surface area contributed by atoms with E-state index in [9.17, 15) is 4.79 Å². The molecule has 20 heavy (non-hydrogen) atoms. The topological polar surface area (TPSA) is 44.8 Å². The quantitative estimate of drug-likeness (QED) is 0.860. The smallest absolute Gasteiger partial charge is 0.236 e. The molecule has 1 aromatic rings. The Labute approximate surface area is 120 Å². The van der Waals surface area contributed by atoms with Crippen molar-refractivity contribution in [2.75, 3.05) is 51.8 Å². The summed E-state index contributed by atoms with van der Waals surface area (Å²) in [7, 11) is 3.53. The highest BCUT2D eigenvalue weighted by Gasteiger charge is 2.10. The molecule has 1 heterocycles. The highest BCUT2D eigenvalue weighted by atomic mass is 16.5. The van der Waals surface area contributed by atoms with Crippen molar-refractivity contribution in [3.05, 3.63) is 29.8 Å². The normalized spacial score (nSPS) is 15.2. The van der Waals surface area contributed by atoms with Crippen molar-refractivity contribution in [3.63, 3.8) is 0 Å². The number of nitrogens with zero attached hydrogens (tertiary/aromatic N) is 2. The molecule has 2 rings (SSSR count). The van der Waals surface area contributed by atoms with Crippen LogP contribution < -0.4 is 10.2 Å². The Kier molecular flexibility index (Phi) is 5.38. The second-order valence-electron chi connectivity index (χ2n) is 5.16. The van der Waals surface area contributed by atoms with Gasteiger partial charge in [0, 0.05) is 39.4 Å². The van der Waals surface area contributed by atoms with Crippen molar-refractivity contribution in [1.82, 2.24) is 10.2 Å². The summed E-state index contributed by atoms with van der Waals surface area (Å²) in [5.74, 6) is 0.0925. The molecule has 0 radical (unpaired) electrons. The van der Waals surface area contributed by atoms with Crippen molar-refractivity contribution < 1.29 is 9.53 Å². The molecule has 0 aromatic heterocycles. The van der Waals surface area contributed by atoms with E-state index in [0.29, 0.717) is 13.1 Å². The third-order valence-electron chi connectivity index (χ3n) is 3.42. The van der Waals surface area contributed by atoms with E-state index in [1.54, 1.807) is 19.0 Å². The molecule has 0 saturated carbocycles. The molecule has 1 amide bonds. The number of hydrogen-bond acceptors (Lipinski definition) is 4. The van der Waals surface area contributed by atoms with E-state index < -0.39 is 0 Å². The number of nitrogens with one attached hydrogen (secondary N) is 1. The lowest BCUT2D eigenvalue weighted by molar-refractivity contribution is -0.127. The van der Waals surface area contributed by atoms with Crippen molar-refractivity contribution in [2.24, 2.45) is 0 Å². The maximum absolute atomic E-state index is 11.4. The number of ether oxygens (including phenoxy) is 1. The fourth-order valence-electron chi connectivity index (χ4n) is 2.12. The molecule has 5 nitrogen and oxygen atoms in total. The zero-order valence-electron chi connectivity index (χ0n) is 12.3. The van der Waals surface area contributed by atoms with Crippen LogP contribution in [0.3, 0.4) is 0 Å². The Hall–Kier alpha value is -1.59. The summed E-state index contributed by atoms with van der Waals surface area (Å²) in [6.45, 7) is 4.59. The number of carbonyl (C=O) groups is 1. The fourth-order valence-corrected chi connectivity index (χ4v) is 2.12. The molecule has 5 heteroatoms. The lowest BCUT2D eigenvalue weighted by Gasteiger charge is -2.28. The van der Waals surface area contributed by atoms with Crippen LogP contribution >= 0.6 is 0 Å². The standard InChI is InChI=1S/C15H23N3O2/c1-17(2)15(19)12-16-11-13-3-5-14(6-4-13)18-7-9-20-10-8-18/h3-6,16H,7-12H2,1-2H3. The highest BCUT2D eigenvalue weighted by Crippen LogP contribution is 2.16. The number of likely N-dealkylation sites (N-methyl/N-ethyl adjacent to an activating group) is 1. The van der Waals surface area contributed by atoms with Gasteiger partial charge in [0.25, 0.3) is 0 Å². The summed E-state index contributed by atoms with van der Waals surface area (Å²) < 4.78 is 5.35. The van der Waals surface area contributed by atoms with Crippen LogP contribution in [-0.4, -0.2) is 57.8 Å². The van der Waals surface area contributed by atoms with Crippen molar-refractivity contribution in [3.8, 4) is 0 Å². The van der Waals surface area contributed by atoms with Crippen molar-refractivity contribution in [2.45, 2.75) is 6.54 Å². The monoisotopic (exact) mass is 277 g/mol. The number of amides is 1. The van der Waals surface area contributed by atoms with E-state index in [1.165, 1.54) is 11.3 Å². The van der Waals surface area contributed by atoms with Gasteiger partial charge in [-0.15, -0.1) is 0 Å². The minimum atomic E-state index is 0.0925. The van der Waals surface area contributed by atoms with E-state index in [0.717, 1.165) is 26.3 Å². The molecule has 1 aromatic carbocycles. The second-order valence-corrected chi connectivity index (χ2v) is 5.16. The second kappa shape index (κ2) is 7.26. The molecular formula is C15H23N3O2. The number of morpholine rings is 1. The van der Waals surface area contributed by atoms with Crippen LogP contribution in [0.5, 0.6) is 0 Å². The molecule has 110 valence electrons. The van der Waals surface area contributed by atoms with E-state index in [-0.39, 0.29) is 5.91 Å². The fraction of sp³-hybridized carbons (Fsp3) is 0.533. The Morgan fingerprint density at radius 3 is 2.50 bits per heavy atom. The van der Waals surface area contributed by atoms with Gasteiger partial charge in [0.2, 0.25) is 5.91 Å². The number of anilines is 1. The van der Waals surface area contributed by atoms with Gasteiger partial charge >= 0.3 is 0 Å².